The topological polar surface area (TPSA) is 75.8 Å². The summed E-state index contributed by atoms with van der Waals surface area (Å²) in [6.45, 7) is 2.78. The average Bonchev–Trinajstić information content (AvgIpc) is 2.52. The van der Waals surface area contributed by atoms with E-state index < -0.39 is 6.04 Å². The van der Waals surface area contributed by atoms with E-state index in [0.29, 0.717) is 19.5 Å². The van der Waals surface area contributed by atoms with Crippen LogP contribution in [0.1, 0.15) is 18.9 Å². The van der Waals surface area contributed by atoms with E-state index in [1.165, 1.54) is 5.56 Å². The smallest absolute Gasteiger partial charge is 0.239 e. The Morgan fingerprint density at radius 3 is 2.81 bits per heavy atom. The molecule has 1 aliphatic rings. The van der Waals surface area contributed by atoms with Crippen LogP contribution in [0.25, 0.3) is 0 Å². The number of carbonyl (C=O) groups is 1. The number of nitrogens with zero attached hydrogens (tertiary/aromatic N) is 1. The molecule has 21 heavy (non-hydrogen) atoms. The number of benzene rings is 1. The third-order valence-corrected chi connectivity index (χ3v) is 3.75. The van der Waals surface area contributed by atoms with E-state index in [-0.39, 0.29) is 24.7 Å². The minimum Gasteiger partial charge on any atom is -0.394 e. The van der Waals surface area contributed by atoms with Gasteiger partial charge in [-0.05, 0) is 25.3 Å². The van der Waals surface area contributed by atoms with Crippen LogP contribution in [0.4, 0.5) is 0 Å². The molecule has 0 radical (unpaired) electrons. The summed E-state index contributed by atoms with van der Waals surface area (Å²) in [5, 5.41) is 9.20. The molecule has 3 atom stereocenters. The van der Waals surface area contributed by atoms with Crippen molar-refractivity contribution in [1.29, 1.82) is 0 Å². The van der Waals surface area contributed by atoms with E-state index in [2.05, 4.69) is 0 Å². The number of aliphatic hydroxyl groups is 1. The number of carbonyl (C=O) groups excluding carboxylic acids is 1. The van der Waals surface area contributed by atoms with Crippen LogP contribution in [0.15, 0.2) is 30.3 Å². The van der Waals surface area contributed by atoms with Crippen LogP contribution >= 0.6 is 0 Å². The molecule has 1 saturated heterocycles. The fourth-order valence-electron chi connectivity index (χ4n) is 2.65. The van der Waals surface area contributed by atoms with Crippen LogP contribution in [0.3, 0.4) is 0 Å². The molecule has 116 valence electrons. The number of aryl methyl sites for hydroxylation is 1. The van der Waals surface area contributed by atoms with E-state index in [1.807, 2.05) is 37.3 Å². The molecule has 0 spiro atoms. The Kier molecular flexibility index (Phi) is 5.73. The lowest BCUT2D eigenvalue weighted by molar-refractivity contribution is -0.148. The van der Waals surface area contributed by atoms with Crippen LogP contribution in [0.5, 0.6) is 0 Å². The molecule has 3 N–H and O–H groups in total. The maximum Gasteiger partial charge on any atom is 0.239 e. The van der Waals surface area contributed by atoms with Gasteiger partial charge in [0, 0.05) is 13.1 Å². The Morgan fingerprint density at radius 1 is 1.43 bits per heavy atom. The predicted molar refractivity (Wildman–Crippen MR) is 80.7 cm³/mol. The van der Waals surface area contributed by atoms with Gasteiger partial charge in [-0.3, -0.25) is 4.79 Å². The monoisotopic (exact) mass is 292 g/mol. The Morgan fingerprint density at radius 2 is 2.14 bits per heavy atom. The molecule has 0 aliphatic carbocycles. The van der Waals surface area contributed by atoms with Gasteiger partial charge in [0.05, 0.1) is 24.9 Å². The molecular weight excluding hydrogens is 268 g/mol. The minimum absolute atomic E-state index is 0.0560. The van der Waals surface area contributed by atoms with Gasteiger partial charge in [0.25, 0.3) is 0 Å². The van der Waals surface area contributed by atoms with Crippen molar-refractivity contribution in [3.8, 4) is 0 Å². The van der Waals surface area contributed by atoms with Crippen molar-refractivity contribution < 1.29 is 14.6 Å². The first-order valence-electron chi connectivity index (χ1n) is 7.44. The summed E-state index contributed by atoms with van der Waals surface area (Å²) in [5.41, 5.74) is 7.22. The number of morpholine rings is 1. The molecule has 5 nitrogen and oxygen atoms in total. The first kappa shape index (κ1) is 15.9. The van der Waals surface area contributed by atoms with Crippen LogP contribution in [-0.4, -0.2) is 53.9 Å². The third-order valence-electron chi connectivity index (χ3n) is 3.75. The molecule has 1 amide bonds. The first-order chi connectivity index (χ1) is 10.1. The molecule has 1 fully saturated rings. The zero-order valence-corrected chi connectivity index (χ0v) is 12.4. The number of rotatable bonds is 5. The lowest BCUT2D eigenvalue weighted by Crippen LogP contribution is -2.54. The van der Waals surface area contributed by atoms with Gasteiger partial charge in [-0.2, -0.15) is 0 Å². The van der Waals surface area contributed by atoms with Crippen molar-refractivity contribution >= 4 is 5.91 Å². The summed E-state index contributed by atoms with van der Waals surface area (Å²) < 4.78 is 5.54. The van der Waals surface area contributed by atoms with Gasteiger partial charge >= 0.3 is 0 Å². The molecule has 1 aliphatic heterocycles. The van der Waals surface area contributed by atoms with Crippen molar-refractivity contribution in [2.24, 2.45) is 5.73 Å². The molecular formula is C16H24N2O3. The maximum absolute atomic E-state index is 12.4. The van der Waals surface area contributed by atoms with Crippen molar-refractivity contribution in [2.75, 3.05) is 19.7 Å². The highest BCUT2D eigenvalue weighted by Crippen LogP contribution is 2.13. The molecule has 5 heteroatoms. The van der Waals surface area contributed by atoms with Gasteiger partial charge in [-0.15, -0.1) is 0 Å². The summed E-state index contributed by atoms with van der Waals surface area (Å²) >= 11 is 0. The number of amides is 1. The second-order valence-corrected chi connectivity index (χ2v) is 5.63. The van der Waals surface area contributed by atoms with Crippen LogP contribution in [-0.2, 0) is 16.0 Å². The average molecular weight is 292 g/mol. The Labute approximate surface area is 125 Å². The molecule has 1 aromatic carbocycles. The predicted octanol–water partition coefficient (Wildman–Crippen LogP) is 0.555. The highest BCUT2D eigenvalue weighted by atomic mass is 16.5. The van der Waals surface area contributed by atoms with Crippen molar-refractivity contribution in [2.45, 2.75) is 38.0 Å². The zero-order valence-electron chi connectivity index (χ0n) is 12.4. The second kappa shape index (κ2) is 7.54. The summed E-state index contributed by atoms with van der Waals surface area (Å²) in [4.78, 5) is 14.1. The summed E-state index contributed by atoms with van der Waals surface area (Å²) in [7, 11) is 0. The van der Waals surface area contributed by atoms with E-state index >= 15 is 0 Å². The quantitative estimate of drug-likeness (QED) is 0.831. The largest absolute Gasteiger partial charge is 0.394 e. The van der Waals surface area contributed by atoms with E-state index in [4.69, 9.17) is 10.5 Å². The van der Waals surface area contributed by atoms with E-state index in [9.17, 15) is 9.90 Å². The third kappa shape index (κ3) is 4.52. The summed E-state index contributed by atoms with van der Waals surface area (Å²) in [6, 6.07) is 9.51. The zero-order chi connectivity index (χ0) is 15.2. The van der Waals surface area contributed by atoms with Gasteiger partial charge in [-0.1, -0.05) is 30.3 Å². The lowest BCUT2D eigenvalue weighted by Gasteiger charge is -2.37. The molecule has 1 aromatic rings. The van der Waals surface area contributed by atoms with Crippen LogP contribution < -0.4 is 5.73 Å². The molecule has 2 rings (SSSR count). The van der Waals surface area contributed by atoms with Gasteiger partial charge in [0.15, 0.2) is 0 Å². The van der Waals surface area contributed by atoms with E-state index in [0.717, 1.165) is 6.42 Å². The van der Waals surface area contributed by atoms with Gasteiger partial charge < -0.3 is 20.5 Å². The normalized spacial score (nSPS) is 23.9. The molecule has 0 saturated carbocycles. The SMILES string of the molecule is CC1CN(C(=O)C(N)CCc2ccccc2)CC(CO)O1. The summed E-state index contributed by atoms with van der Waals surface area (Å²) in [5.74, 6) is -0.0560. The molecule has 3 unspecified atom stereocenters. The van der Waals surface area contributed by atoms with Gasteiger partial charge in [0.1, 0.15) is 0 Å². The Balaban J connectivity index is 1.86. The fourth-order valence-corrected chi connectivity index (χ4v) is 2.65. The minimum atomic E-state index is -0.505. The fraction of sp³-hybridized carbons (Fsp3) is 0.562. The number of hydrogen-bond donors (Lipinski definition) is 2. The first-order valence-corrected chi connectivity index (χ1v) is 7.44. The van der Waals surface area contributed by atoms with Crippen molar-refractivity contribution in [3.05, 3.63) is 35.9 Å². The highest BCUT2D eigenvalue weighted by Gasteiger charge is 2.30. The number of aliphatic hydroxyl groups excluding tert-OH is 1. The van der Waals surface area contributed by atoms with E-state index in [1.54, 1.807) is 4.90 Å². The van der Waals surface area contributed by atoms with Gasteiger partial charge in [0.2, 0.25) is 5.91 Å². The van der Waals surface area contributed by atoms with Gasteiger partial charge in [-0.25, -0.2) is 0 Å². The second-order valence-electron chi connectivity index (χ2n) is 5.63. The van der Waals surface area contributed by atoms with Crippen molar-refractivity contribution in [1.82, 2.24) is 4.90 Å². The Bertz CT molecular complexity index is 452. The number of nitrogens with two attached hydrogens (primary N) is 1. The standard InChI is InChI=1S/C16H24N2O3/c1-12-9-18(10-14(11-19)21-12)16(20)15(17)8-7-13-5-3-2-4-6-13/h2-6,12,14-15,19H,7-11,17H2,1H3. The Hall–Kier alpha value is -1.43. The molecule has 1 heterocycles. The lowest BCUT2D eigenvalue weighted by atomic mass is 10.0. The highest BCUT2D eigenvalue weighted by molar-refractivity contribution is 5.81. The molecule has 0 bridgehead atoms. The number of ether oxygens (including phenoxy) is 1. The summed E-state index contributed by atoms with van der Waals surface area (Å²) in [6.07, 6.45) is 1.04. The molecule has 0 aromatic heterocycles. The van der Waals surface area contributed by atoms with Crippen LogP contribution in [0, 0.1) is 0 Å². The van der Waals surface area contributed by atoms with Crippen LogP contribution in [0.2, 0.25) is 0 Å². The number of hydrogen-bond acceptors (Lipinski definition) is 4. The maximum atomic E-state index is 12.4. The van der Waals surface area contributed by atoms with Crippen molar-refractivity contribution in [3.63, 3.8) is 0 Å².